The molecule has 0 bridgehead atoms. The number of methoxy groups -OCH3 is 1. The van der Waals surface area contributed by atoms with Crippen molar-refractivity contribution in [3.05, 3.63) is 42.0 Å². The predicted molar refractivity (Wildman–Crippen MR) is 88.1 cm³/mol. The van der Waals surface area contributed by atoms with Gasteiger partial charge in [-0.15, -0.1) is 0 Å². The van der Waals surface area contributed by atoms with E-state index in [1.54, 1.807) is 19.2 Å². The fourth-order valence-corrected chi connectivity index (χ4v) is 2.74. The van der Waals surface area contributed by atoms with Gasteiger partial charge in [0, 0.05) is 36.3 Å². The largest absolute Gasteiger partial charge is 0.496 e. The van der Waals surface area contributed by atoms with Crippen LogP contribution in [0.25, 0.3) is 11.3 Å². The van der Waals surface area contributed by atoms with E-state index < -0.39 is 0 Å². The van der Waals surface area contributed by atoms with E-state index in [2.05, 4.69) is 16.9 Å². The Kier molecular flexibility index (Phi) is 4.57. The molecule has 0 unspecified atom stereocenters. The van der Waals surface area contributed by atoms with E-state index in [1.165, 1.54) is 0 Å². The van der Waals surface area contributed by atoms with Gasteiger partial charge in [-0.3, -0.25) is 4.79 Å². The molecule has 1 fully saturated rings. The van der Waals surface area contributed by atoms with Crippen LogP contribution in [-0.4, -0.2) is 49.5 Å². The van der Waals surface area contributed by atoms with Crippen molar-refractivity contribution in [3.63, 3.8) is 0 Å². The first kappa shape index (κ1) is 15.5. The average Bonchev–Trinajstić information content (AvgIpc) is 2.99. The van der Waals surface area contributed by atoms with Gasteiger partial charge >= 0.3 is 0 Å². The summed E-state index contributed by atoms with van der Waals surface area (Å²) in [5.41, 5.74) is 2.21. The van der Waals surface area contributed by atoms with Crippen LogP contribution in [-0.2, 0) is 0 Å². The molecule has 0 spiro atoms. The standard InChI is InChI=1S/C18H20N2O3/c1-20-7-6-15(11-20)23-18-10-16(22-2)9-17(19-18)14-5-3-4-13(8-14)12-21/h3-5,8-10,12,15H,6-7,11H2,1-2H3/t15-/m0/s1. The van der Waals surface area contributed by atoms with Crippen LogP contribution in [0.15, 0.2) is 36.4 Å². The number of rotatable bonds is 5. The minimum atomic E-state index is 0.147. The van der Waals surface area contributed by atoms with E-state index in [-0.39, 0.29) is 6.10 Å². The number of likely N-dealkylation sites (N-methyl/N-ethyl adjacent to an activating group) is 1. The SMILES string of the molecule is COc1cc(O[C@H]2CCN(C)C2)nc(-c2cccc(C=O)c2)c1. The molecule has 23 heavy (non-hydrogen) atoms. The van der Waals surface area contributed by atoms with E-state index in [9.17, 15) is 4.79 Å². The second kappa shape index (κ2) is 6.79. The molecule has 0 saturated carbocycles. The lowest BCUT2D eigenvalue weighted by molar-refractivity contribution is 0.112. The number of aromatic nitrogens is 1. The molecule has 1 aromatic carbocycles. The van der Waals surface area contributed by atoms with Gasteiger partial charge in [0.25, 0.3) is 0 Å². The molecule has 3 rings (SSSR count). The van der Waals surface area contributed by atoms with Crippen molar-refractivity contribution in [1.82, 2.24) is 9.88 Å². The van der Waals surface area contributed by atoms with Crippen LogP contribution in [0.4, 0.5) is 0 Å². The molecule has 1 aliphatic rings. The quantitative estimate of drug-likeness (QED) is 0.795. The van der Waals surface area contributed by atoms with Gasteiger partial charge in [-0.2, -0.15) is 0 Å². The zero-order valence-electron chi connectivity index (χ0n) is 13.4. The van der Waals surface area contributed by atoms with Gasteiger partial charge in [-0.05, 0) is 19.5 Å². The summed E-state index contributed by atoms with van der Waals surface area (Å²) in [6.07, 6.45) is 1.97. The van der Waals surface area contributed by atoms with Crippen LogP contribution < -0.4 is 9.47 Å². The molecule has 5 nitrogen and oxygen atoms in total. The number of pyridine rings is 1. The second-order valence-corrected chi connectivity index (χ2v) is 5.76. The summed E-state index contributed by atoms with van der Waals surface area (Å²) < 4.78 is 11.4. The highest BCUT2D eigenvalue weighted by Crippen LogP contribution is 2.28. The highest BCUT2D eigenvalue weighted by atomic mass is 16.5. The number of benzene rings is 1. The zero-order valence-corrected chi connectivity index (χ0v) is 13.4. The molecule has 0 aliphatic carbocycles. The maximum Gasteiger partial charge on any atom is 0.217 e. The number of carbonyl (C=O) groups is 1. The monoisotopic (exact) mass is 312 g/mol. The fraction of sp³-hybridized carbons (Fsp3) is 0.333. The summed E-state index contributed by atoms with van der Waals surface area (Å²) in [5, 5.41) is 0. The van der Waals surface area contributed by atoms with Crippen molar-refractivity contribution in [2.45, 2.75) is 12.5 Å². The highest BCUT2D eigenvalue weighted by molar-refractivity contribution is 5.78. The van der Waals surface area contributed by atoms with Crippen LogP contribution in [0.2, 0.25) is 0 Å². The summed E-state index contributed by atoms with van der Waals surface area (Å²) in [6.45, 7) is 1.93. The minimum Gasteiger partial charge on any atom is -0.496 e. The maximum atomic E-state index is 11.0. The first-order chi connectivity index (χ1) is 11.2. The topological polar surface area (TPSA) is 51.7 Å². The summed E-state index contributed by atoms with van der Waals surface area (Å²) in [7, 11) is 3.70. The van der Waals surface area contributed by atoms with Crippen molar-refractivity contribution < 1.29 is 14.3 Å². The molecule has 0 radical (unpaired) electrons. The molecule has 2 aromatic rings. The van der Waals surface area contributed by atoms with E-state index in [0.29, 0.717) is 17.2 Å². The summed E-state index contributed by atoms with van der Waals surface area (Å²) in [4.78, 5) is 17.8. The number of nitrogens with zero attached hydrogens (tertiary/aromatic N) is 2. The van der Waals surface area contributed by atoms with E-state index in [4.69, 9.17) is 9.47 Å². The molecule has 0 amide bonds. The van der Waals surface area contributed by atoms with Gasteiger partial charge in [0.1, 0.15) is 18.1 Å². The van der Waals surface area contributed by atoms with Gasteiger partial charge in [-0.25, -0.2) is 4.98 Å². The van der Waals surface area contributed by atoms with Crippen LogP contribution in [0, 0.1) is 0 Å². The lowest BCUT2D eigenvalue weighted by Crippen LogP contribution is -2.21. The van der Waals surface area contributed by atoms with Crippen molar-refractivity contribution in [3.8, 4) is 22.9 Å². The van der Waals surface area contributed by atoms with Crippen molar-refractivity contribution in [2.24, 2.45) is 0 Å². The van der Waals surface area contributed by atoms with Crippen LogP contribution >= 0.6 is 0 Å². The summed E-state index contributed by atoms with van der Waals surface area (Å²) in [6, 6.07) is 11.0. The molecule has 120 valence electrons. The number of aldehydes is 1. The van der Waals surface area contributed by atoms with Crippen molar-refractivity contribution >= 4 is 6.29 Å². The van der Waals surface area contributed by atoms with Crippen LogP contribution in [0.5, 0.6) is 11.6 Å². The number of carbonyl (C=O) groups excluding carboxylic acids is 1. The molecular formula is C18H20N2O3. The molecule has 0 N–H and O–H groups in total. The lowest BCUT2D eigenvalue weighted by atomic mass is 10.1. The number of likely N-dealkylation sites (tertiary alicyclic amines) is 1. The molecule has 1 aromatic heterocycles. The van der Waals surface area contributed by atoms with Gasteiger partial charge in [0.2, 0.25) is 5.88 Å². The Hall–Kier alpha value is -2.40. The Labute approximate surface area is 135 Å². The number of hydrogen-bond acceptors (Lipinski definition) is 5. The zero-order chi connectivity index (χ0) is 16.2. The number of ether oxygens (including phenoxy) is 2. The maximum absolute atomic E-state index is 11.0. The van der Waals surface area contributed by atoms with Crippen LogP contribution in [0.3, 0.4) is 0 Å². The Bertz CT molecular complexity index is 702. The molecule has 1 aliphatic heterocycles. The third-order valence-corrected chi connectivity index (χ3v) is 3.97. The van der Waals surface area contributed by atoms with Gasteiger partial charge in [0.05, 0.1) is 12.8 Å². The lowest BCUT2D eigenvalue weighted by Gasteiger charge is -2.15. The molecule has 2 heterocycles. The third kappa shape index (κ3) is 3.68. The van der Waals surface area contributed by atoms with Crippen molar-refractivity contribution in [2.75, 3.05) is 27.2 Å². The Morgan fingerprint density at radius 1 is 1.30 bits per heavy atom. The third-order valence-electron chi connectivity index (χ3n) is 3.97. The summed E-state index contributed by atoms with van der Waals surface area (Å²) in [5.74, 6) is 1.24. The minimum absolute atomic E-state index is 0.147. The predicted octanol–water partition coefficient (Wildman–Crippen LogP) is 2.65. The molecule has 1 saturated heterocycles. The Balaban J connectivity index is 1.90. The second-order valence-electron chi connectivity index (χ2n) is 5.76. The van der Waals surface area contributed by atoms with Crippen LogP contribution in [0.1, 0.15) is 16.8 Å². The van der Waals surface area contributed by atoms with E-state index >= 15 is 0 Å². The van der Waals surface area contributed by atoms with E-state index in [0.717, 1.165) is 37.1 Å². The molecule has 1 atom stereocenters. The average molecular weight is 312 g/mol. The Morgan fingerprint density at radius 3 is 2.87 bits per heavy atom. The smallest absolute Gasteiger partial charge is 0.217 e. The number of hydrogen-bond donors (Lipinski definition) is 0. The fourth-order valence-electron chi connectivity index (χ4n) is 2.74. The molecule has 5 heteroatoms. The van der Waals surface area contributed by atoms with Gasteiger partial charge < -0.3 is 14.4 Å². The van der Waals surface area contributed by atoms with Crippen molar-refractivity contribution in [1.29, 1.82) is 0 Å². The first-order valence-corrected chi connectivity index (χ1v) is 7.65. The first-order valence-electron chi connectivity index (χ1n) is 7.65. The highest BCUT2D eigenvalue weighted by Gasteiger charge is 2.22. The Morgan fingerprint density at radius 2 is 2.17 bits per heavy atom. The summed E-state index contributed by atoms with van der Waals surface area (Å²) >= 11 is 0. The normalized spacial score (nSPS) is 17.9. The van der Waals surface area contributed by atoms with Gasteiger partial charge in [-0.1, -0.05) is 18.2 Å². The van der Waals surface area contributed by atoms with E-state index in [1.807, 2.05) is 24.3 Å². The molecular weight excluding hydrogens is 292 g/mol. The van der Waals surface area contributed by atoms with Gasteiger partial charge in [0.15, 0.2) is 0 Å².